The third kappa shape index (κ3) is 6.68. The number of hydrogen-bond acceptors (Lipinski definition) is 6. The summed E-state index contributed by atoms with van der Waals surface area (Å²) in [5.41, 5.74) is 3.68. The number of nitrogens with zero attached hydrogens (tertiary/aromatic N) is 4. The van der Waals surface area contributed by atoms with Crippen molar-refractivity contribution in [2.24, 2.45) is 5.92 Å². The van der Waals surface area contributed by atoms with Crippen molar-refractivity contribution in [3.8, 4) is 5.75 Å². The van der Waals surface area contributed by atoms with Crippen molar-refractivity contribution in [1.29, 1.82) is 0 Å². The molecule has 264 valence electrons. The summed E-state index contributed by atoms with van der Waals surface area (Å²) in [6, 6.07) is 33.0. The molecule has 2 aliphatic heterocycles. The quantitative estimate of drug-likeness (QED) is 0.109. The molecule has 1 amide bonds. The summed E-state index contributed by atoms with van der Waals surface area (Å²) in [6.07, 6.45) is 2.38. The lowest BCUT2D eigenvalue weighted by Crippen LogP contribution is -2.51. The van der Waals surface area contributed by atoms with Crippen LogP contribution >= 0.6 is 45.2 Å². The lowest BCUT2D eigenvalue weighted by atomic mass is 9.82. The highest BCUT2D eigenvalue weighted by molar-refractivity contribution is 14.1. The van der Waals surface area contributed by atoms with E-state index in [4.69, 9.17) is 9.47 Å². The molecule has 1 spiro atoms. The van der Waals surface area contributed by atoms with Crippen LogP contribution in [-0.2, 0) is 28.2 Å². The van der Waals surface area contributed by atoms with E-state index in [-0.39, 0.29) is 36.0 Å². The van der Waals surface area contributed by atoms with Crippen LogP contribution in [0, 0.1) is 13.1 Å². The first-order chi connectivity index (χ1) is 24.6. The molecule has 2 aliphatic rings. The van der Waals surface area contributed by atoms with Gasteiger partial charge in [0.2, 0.25) is 0 Å². The number of aryl methyl sites for hydroxylation is 1. The van der Waals surface area contributed by atoms with E-state index in [1.165, 1.54) is 5.19 Å². The second-order valence-electron chi connectivity index (χ2n) is 14.2. The van der Waals surface area contributed by atoms with Gasteiger partial charge >= 0.3 is 0 Å². The smallest absolute Gasteiger partial charge is 0.264 e. The molecule has 0 aliphatic carbocycles. The van der Waals surface area contributed by atoms with Crippen LogP contribution in [0.5, 0.6) is 5.75 Å². The Hall–Kier alpha value is -3.11. The van der Waals surface area contributed by atoms with Crippen molar-refractivity contribution in [2.45, 2.75) is 62.7 Å². The van der Waals surface area contributed by atoms with Crippen LogP contribution in [0.15, 0.2) is 103 Å². The Balaban J connectivity index is 1.26. The van der Waals surface area contributed by atoms with Gasteiger partial charge in [-0.3, -0.25) is 9.48 Å². The summed E-state index contributed by atoms with van der Waals surface area (Å²) in [6.45, 7) is 8.03. The fourth-order valence-corrected chi connectivity index (χ4v) is 13.6. The molecule has 5 aromatic rings. The molecule has 1 aromatic heterocycles. The number of aliphatic hydroxyl groups is 1. The highest BCUT2D eigenvalue weighted by Crippen LogP contribution is 2.60. The first-order valence-corrected chi connectivity index (χ1v) is 22.5. The van der Waals surface area contributed by atoms with Crippen LogP contribution in [-0.4, -0.2) is 53.9 Å². The van der Waals surface area contributed by atoms with E-state index in [2.05, 4.69) is 124 Å². The Bertz CT molecular complexity index is 2020. The van der Waals surface area contributed by atoms with Crippen molar-refractivity contribution < 1.29 is 19.4 Å². The van der Waals surface area contributed by atoms with Crippen LogP contribution in [0.1, 0.15) is 41.6 Å². The normalized spacial score (nSPS) is 22.1. The van der Waals surface area contributed by atoms with Gasteiger partial charge in [-0.15, -0.1) is 5.10 Å². The van der Waals surface area contributed by atoms with Gasteiger partial charge in [0.15, 0.2) is 5.60 Å². The third-order valence-electron chi connectivity index (χ3n) is 11.0. The van der Waals surface area contributed by atoms with Crippen LogP contribution in [0.3, 0.4) is 0 Å². The molecule has 3 heterocycles. The lowest BCUT2D eigenvalue weighted by molar-refractivity contribution is -0.146. The summed E-state index contributed by atoms with van der Waals surface area (Å²) in [4.78, 5) is 17.0. The van der Waals surface area contributed by atoms with Crippen LogP contribution in [0.2, 0.25) is 18.6 Å². The zero-order valence-electron chi connectivity index (χ0n) is 29.2. The van der Waals surface area contributed by atoms with E-state index in [0.717, 1.165) is 41.0 Å². The largest absolute Gasteiger partial charge is 0.497 e. The van der Waals surface area contributed by atoms with E-state index in [0.29, 0.717) is 19.5 Å². The minimum atomic E-state index is -2.30. The van der Waals surface area contributed by atoms with Gasteiger partial charge in [-0.2, -0.15) is 0 Å². The predicted molar refractivity (Wildman–Crippen MR) is 219 cm³/mol. The number of fused-ring (bicyclic) bond motifs is 2. The fraction of sp³-hybridized carbons (Fsp3) is 0.325. The Morgan fingerprint density at radius 3 is 2.43 bits per heavy atom. The monoisotopic (exact) mass is 924 g/mol. The number of methoxy groups -OCH3 is 1. The van der Waals surface area contributed by atoms with Crippen molar-refractivity contribution in [3.05, 3.63) is 133 Å². The molecule has 0 saturated carbocycles. The molecule has 8 nitrogen and oxygen atoms in total. The van der Waals surface area contributed by atoms with Gasteiger partial charge in [-0.1, -0.05) is 85.0 Å². The molecule has 1 unspecified atom stereocenters. The number of benzene rings is 4. The van der Waals surface area contributed by atoms with E-state index in [1.807, 2.05) is 64.3 Å². The maximum Gasteiger partial charge on any atom is 0.264 e. The van der Waals surface area contributed by atoms with Crippen LogP contribution in [0.25, 0.3) is 0 Å². The zero-order chi connectivity index (χ0) is 35.9. The van der Waals surface area contributed by atoms with Crippen molar-refractivity contribution >= 4 is 70.0 Å². The number of rotatable bonds is 11. The van der Waals surface area contributed by atoms with Crippen molar-refractivity contribution in [3.63, 3.8) is 0 Å². The van der Waals surface area contributed by atoms with Gasteiger partial charge in [0.1, 0.15) is 5.75 Å². The lowest BCUT2D eigenvalue weighted by Gasteiger charge is -2.37. The Morgan fingerprint density at radius 1 is 0.980 bits per heavy atom. The molecule has 51 heavy (non-hydrogen) atoms. The Kier molecular flexibility index (Phi) is 10.5. The fourth-order valence-electron chi connectivity index (χ4n) is 8.43. The average Bonchev–Trinajstić information content (AvgIpc) is 3.78. The van der Waals surface area contributed by atoms with E-state index in [9.17, 15) is 5.11 Å². The van der Waals surface area contributed by atoms with Crippen molar-refractivity contribution in [2.75, 3.05) is 18.6 Å². The SMILES string of the molecule is COc1ccc([Si](C)(C)[C@H]2[C@H](CCn3cc(C(CO)c4ccccc4)nn3)O[C@@]3(C(=O)N(Cc4cccc(I)c4)c4ccc(I)cc43)[C@@H]2C)cc1. The summed E-state index contributed by atoms with van der Waals surface area (Å²) in [5, 5.41) is 20.5. The Labute approximate surface area is 327 Å². The maximum atomic E-state index is 15.1. The Morgan fingerprint density at radius 2 is 1.73 bits per heavy atom. The molecule has 5 atom stereocenters. The number of carbonyl (C=O) groups excluding carboxylic acids is 1. The minimum Gasteiger partial charge on any atom is -0.497 e. The highest BCUT2D eigenvalue weighted by Gasteiger charge is 2.66. The number of hydrogen-bond donors (Lipinski definition) is 1. The van der Waals surface area contributed by atoms with Gasteiger partial charge in [0.25, 0.3) is 5.91 Å². The molecular weight excluding hydrogens is 882 g/mol. The number of anilines is 1. The summed E-state index contributed by atoms with van der Waals surface area (Å²) in [7, 11) is -0.614. The maximum absolute atomic E-state index is 15.1. The number of halogens is 2. The zero-order valence-corrected chi connectivity index (χ0v) is 34.5. The molecule has 0 bridgehead atoms. The summed E-state index contributed by atoms with van der Waals surface area (Å²) >= 11 is 4.68. The number of ether oxygens (including phenoxy) is 2. The van der Waals surface area contributed by atoms with Crippen LogP contribution < -0.4 is 14.8 Å². The topological polar surface area (TPSA) is 89.7 Å². The predicted octanol–water partition coefficient (Wildman–Crippen LogP) is 7.47. The summed E-state index contributed by atoms with van der Waals surface area (Å²) < 4.78 is 16.9. The molecule has 1 saturated heterocycles. The molecule has 7 rings (SSSR count). The molecule has 4 aromatic carbocycles. The molecular formula is C40H42I2N4O4Si. The van der Waals surface area contributed by atoms with E-state index in [1.54, 1.807) is 7.11 Å². The third-order valence-corrected chi connectivity index (χ3v) is 16.7. The minimum absolute atomic E-state index is 0.00887. The molecule has 0 radical (unpaired) electrons. The molecule has 1 N–H and O–H groups in total. The number of aliphatic hydroxyl groups excluding tert-OH is 1. The van der Waals surface area contributed by atoms with E-state index < -0.39 is 13.7 Å². The van der Waals surface area contributed by atoms with Crippen LogP contribution in [0.4, 0.5) is 5.69 Å². The van der Waals surface area contributed by atoms with Gasteiger partial charge in [0, 0.05) is 31.4 Å². The molecule has 11 heteroatoms. The number of carbonyl (C=O) groups is 1. The van der Waals surface area contributed by atoms with Crippen molar-refractivity contribution in [1.82, 2.24) is 15.0 Å². The highest BCUT2D eigenvalue weighted by atomic mass is 127. The number of aromatic nitrogens is 3. The van der Waals surface area contributed by atoms with Gasteiger partial charge in [0.05, 0.1) is 51.7 Å². The first-order valence-electron chi connectivity index (χ1n) is 17.3. The van der Waals surface area contributed by atoms with Gasteiger partial charge in [-0.25, -0.2) is 0 Å². The second kappa shape index (κ2) is 14.7. The van der Waals surface area contributed by atoms with Gasteiger partial charge in [-0.05, 0) is 111 Å². The number of amides is 1. The molecule has 1 fully saturated rings. The van der Waals surface area contributed by atoms with E-state index >= 15 is 4.79 Å². The van der Waals surface area contributed by atoms with Gasteiger partial charge < -0.3 is 19.5 Å². The second-order valence-corrected chi connectivity index (χ2v) is 21.4. The first kappa shape index (κ1) is 36.3. The average molecular weight is 925 g/mol. The summed E-state index contributed by atoms with van der Waals surface area (Å²) in [5.74, 6) is 0.482. The standard InChI is InChI=1S/C40H42I2N4O4Si/c1-26-38(51(3,4)32-16-14-31(49-2)15-17-32)37(19-20-45-24-35(43-44-45)33(25-47)28-10-6-5-7-11-28)50-40(26)34-22-30(42)13-18-36(34)46(39(40)48)23-27-9-8-12-29(41)21-27/h5-18,21-22,24,26,33,37-38,47H,19-20,23,25H2,1-4H3/t26-,33?,37+,38-,40+/m1/s1.